The van der Waals surface area contributed by atoms with Crippen LogP contribution in [0.1, 0.15) is 17.9 Å². The number of fused-ring (bicyclic) bond motifs is 1. The Bertz CT molecular complexity index is 388. The molecule has 2 aliphatic rings. The summed E-state index contributed by atoms with van der Waals surface area (Å²) in [6.07, 6.45) is 1.16. The van der Waals surface area contributed by atoms with Gasteiger partial charge in [-0.3, -0.25) is 0 Å². The average molecular weight is 226 g/mol. The molecule has 3 nitrogen and oxygen atoms in total. The topological polar surface area (TPSA) is 30.5 Å². The van der Waals surface area contributed by atoms with Gasteiger partial charge in [0.05, 0.1) is 5.02 Å². The standard InChI is InChI=1S/C11H12ClNO2/c12-9-3-8(7-1-2-13-5-7)4-10-11(9)15-6-14-10/h3-4,7,13H,1-2,5-6H2. The van der Waals surface area contributed by atoms with Gasteiger partial charge in [0.1, 0.15) is 0 Å². The average Bonchev–Trinajstić information content (AvgIpc) is 2.88. The highest BCUT2D eigenvalue weighted by atomic mass is 35.5. The lowest BCUT2D eigenvalue weighted by atomic mass is 9.98. The van der Waals surface area contributed by atoms with Crippen LogP contribution in [-0.2, 0) is 0 Å². The first kappa shape index (κ1) is 9.31. The maximum Gasteiger partial charge on any atom is 0.231 e. The largest absolute Gasteiger partial charge is 0.454 e. The maximum absolute atomic E-state index is 6.13. The summed E-state index contributed by atoms with van der Waals surface area (Å²) in [5.74, 6) is 2.02. The van der Waals surface area contributed by atoms with E-state index in [4.69, 9.17) is 21.1 Å². The third kappa shape index (κ3) is 1.56. The molecule has 1 aromatic carbocycles. The highest BCUT2D eigenvalue weighted by Crippen LogP contribution is 2.41. The fraction of sp³-hybridized carbons (Fsp3) is 0.455. The minimum Gasteiger partial charge on any atom is -0.454 e. The van der Waals surface area contributed by atoms with Crippen LogP contribution in [0.5, 0.6) is 11.5 Å². The van der Waals surface area contributed by atoms with E-state index in [2.05, 4.69) is 5.32 Å². The fourth-order valence-electron chi connectivity index (χ4n) is 2.16. The third-order valence-corrected chi connectivity index (χ3v) is 3.26. The van der Waals surface area contributed by atoms with Gasteiger partial charge in [-0.2, -0.15) is 0 Å². The van der Waals surface area contributed by atoms with Gasteiger partial charge in [-0.25, -0.2) is 0 Å². The summed E-state index contributed by atoms with van der Waals surface area (Å²) >= 11 is 6.13. The van der Waals surface area contributed by atoms with Crippen LogP contribution in [0.2, 0.25) is 5.02 Å². The summed E-state index contributed by atoms with van der Waals surface area (Å²) in [4.78, 5) is 0. The quantitative estimate of drug-likeness (QED) is 0.795. The second kappa shape index (κ2) is 3.58. The molecular formula is C11H12ClNO2. The highest BCUT2D eigenvalue weighted by molar-refractivity contribution is 6.32. The molecule has 1 unspecified atom stereocenters. The van der Waals surface area contributed by atoms with Crippen molar-refractivity contribution < 1.29 is 9.47 Å². The molecule has 0 saturated carbocycles. The van der Waals surface area contributed by atoms with Crippen molar-refractivity contribution in [1.82, 2.24) is 5.32 Å². The van der Waals surface area contributed by atoms with Crippen molar-refractivity contribution in [3.05, 3.63) is 22.7 Å². The van der Waals surface area contributed by atoms with E-state index in [9.17, 15) is 0 Å². The lowest BCUT2D eigenvalue weighted by molar-refractivity contribution is 0.174. The molecule has 15 heavy (non-hydrogen) atoms. The van der Waals surface area contributed by atoms with E-state index in [0.717, 1.165) is 25.3 Å². The molecule has 0 bridgehead atoms. The maximum atomic E-state index is 6.13. The van der Waals surface area contributed by atoms with Crippen LogP contribution in [0.25, 0.3) is 0 Å². The molecule has 2 aliphatic heterocycles. The van der Waals surface area contributed by atoms with E-state index < -0.39 is 0 Å². The van der Waals surface area contributed by atoms with E-state index in [1.54, 1.807) is 0 Å². The van der Waals surface area contributed by atoms with Crippen LogP contribution in [0.15, 0.2) is 12.1 Å². The van der Waals surface area contributed by atoms with Crippen LogP contribution in [-0.4, -0.2) is 19.9 Å². The van der Waals surface area contributed by atoms with Gasteiger partial charge in [0, 0.05) is 6.54 Å². The zero-order valence-electron chi connectivity index (χ0n) is 8.25. The van der Waals surface area contributed by atoms with Crippen molar-refractivity contribution in [1.29, 1.82) is 0 Å². The van der Waals surface area contributed by atoms with Gasteiger partial charge in [0.2, 0.25) is 6.79 Å². The molecular weight excluding hydrogens is 214 g/mol. The van der Waals surface area contributed by atoms with E-state index in [1.165, 1.54) is 5.56 Å². The molecule has 2 heterocycles. The molecule has 1 fully saturated rings. The number of ether oxygens (including phenoxy) is 2. The lowest BCUT2D eigenvalue weighted by Crippen LogP contribution is -2.07. The summed E-state index contributed by atoms with van der Waals surface area (Å²) in [7, 11) is 0. The number of hydrogen-bond donors (Lipinski definition) is 1. The summed E-state index contributed by atoms with van der Waals surface area (Å²) in [5, 5.41) is 4.00. The molecule has 0 aliphatic carbocycles. The van der Waals surface area contributed by atoms with Gasteiger partial charge in [0.15, 0.2) is 11.5 Å². The van der Waals surface area contributed by atoms with Crippen molar-refractivity contribution in [2.75, 3.05) is 19.9 Å². The first-order valence-electron chi connectivity index (χ1n) is 5.14. The Morgan fingerprint density at radius 2 is 2.27 bits per heavy atom. The zero-order valence-corrected chi connectivity index (χ0v) is 9.01. The third-order valence-electron chi connectivity index (χ3n) is 2.98. The molecule has 1 saturated heterocycles. The van der Waals surface area contributed by atoms with Gasteiger partial charge in [0.25, 0.3) is 0 Å². The first-order valence-corrected chi connectivity index (χ1v) is 5.52. The second-order valence-corrected chi connectivity index (χ2v) is 4.33. The van der Waals surface area contributed by atoms with Gasteiger partial charge in [-0.15, -0.1) is 0 Å². The number of halogens is 1. The number of rotatable bonds is 1. The molecule has 3 rings (SSSR count). The Kier molecular flexibility index (Phi) is 2.22. The zero-order chi connectivity index (χ0) is 10.3. The molecule has 0 radical (unpaired) electrons. The van der Waals surface area contributed by atoms with Gasteiger partial charge in [-0.1, -0.05) is 11.6 Å². The van der Waals surface area contributed by atoms with Crippen LogP contribution < -0.4 is 14.8 Å². The Morgan fingerprint density at radius 3 is 3.07 bits per heavy atom. The van der Waals surface area contributed by atoms with Crippen molar-refractivity contribution in [3.8, 4) is 11.5 Å². The second-order valence-electron chi connectivity index (χ2n) is 3.93. The molecule has 0 aromatic heterocycles. The van der Waals surface area contributed by atoms with E-state index in [-0.39, 0.29) is 6.79 Å². The SMILES string of the molecule is Clc1cc(C2CCNC2)cc2c1OCO2. The fourth-order valence-corrected chi connectivity index (χ4v) is 2.44. The van der Waals surface area contributed by atoms with E-state index in [0.29, 0.717) is 16.7 Å². The number of nitrogens with one attached hydrogen (secondary N) is 1. The Hall–Kier alpha value is -0.930. The molecule has 1 atom stereocenters. The lowest BCUT2D eigenvalue weighted by Gasteiger charge is -2.10. The van der Waals surface area contributed by atoms with Crippen LogP contribution in [0.4, 0.5) is 0 Å². The number of benzene rings is 1. The van der Waals surface area contributed by atoms with Crippen molar-refractivity contribution in [3.63, 3.8) is 0 Å². The Labute approximate surface area is 93.3 Å². The van der Waals surface area contributed by atoms with Gasteiger partial charge in [-0.05, 0) is 36.6 Å². The van der Waals surface area contributed by atoms with Crippen LogP contribution >= 0.6 is 11.6 Å². The Morgan fingerprint density at radius 1 is 1.33 bits per heavy atom. The predicted octanol–water partition coefficient (Wildman–Crippen LogP) is 2.15. The molecule has 1 N–H and O–H groups in total. The summed E-state index contributed by atoms with van der Waals surface area (Å²) < 4.78 is 10.6. The molecule has 0 amide bonds. The van der Waals surface area contributed by atoms with Crippen LogP contribution in [0.3, 0.4) is 0 Å². The molecule has 1 aromatic rings. The Balaban J connectivity index is 1.99. The predicted molar refractivity (Wildman–Crippen MR) is 57.8 cm³/mol. The number of hydrogen-bond acceptors (Lipinski definition) is 3. The summed E-state index contributed by atoms with van der Waals surface area (Å²) in [6, 6.07) is 4.04. The normalized spacial score (nSPS) is 23.4. The van der Waals surface area contributed by atoms with Crippen molar-refractivity contribution >= 4 is 11.6 Å². The molecule has 80 valence electrons. The summed E-state index contributed by atoms with van der Waals surface area (Å²) in [5.41, 5.74) is 1.24. The van der Waals surface area contributed by atoms with Crippen LogP contribution in [0, 0.1) is 0 Å². The monoisotopic (exact) mass is 225 g/mol. The van der Waals surface area contributed by atoms with Crippen molar-refractivity contribution in [2.45, 2.75) is 12.3 Å². The molecule has 4 heteroatoms. The van der Waals surface area contributed by atoms with Gasteiger partial charge < -0.3 is 14.8 Å². The smallest absolute Gasteiger partial charge is 0.231 e. The minimum atomic E-state index is 0.279. The summed E-state index contributed by atoms with van der Waals surface area (Å²) in [6.45, 7) is 2.38. The van der Waals surface area contributed by atoms with E-state index in [1.807, 2.05) is 12.1 Å². The minimum absolute atomic E-state index is 0.279. The first-order chi connectivity index (χ1) is 7.34. The van der Waals surface area contributed by atoms with Gasteiger partial charge >= 0.3 is 0 Å². The molecule has 0 spiro atoms. The van der Waals surface area contributed by atoms with Crippen molar-refractivity contribution in [2.24, 2.45) is 0 Å². The van der Waals surface area contributed by atoms with E-state index >= 15 is 0 Å². The highest BCUT2D eigenvalue weighted by Gasteiger charge is 2.23.